The lowest BCUT2D eigenvalue weighted by atomic mass is 10.2. The molecule has 0 bridgehead atoms. The SMILES string of the molecule is CS(=O)(=O)O.O=C(O)c1ccc(F)cc1F.OCCO. The summed E-state index contributed by atoms with van der Waals surface area (Å²) >= 11 is 0. The van der Waals surface area contributed by atoms with Crippen LogP contribution >= 0.6 is 0 Å². The van der Waals surface area contributed by atoms with Crippen LogP contribution in [0.1, 0.15) is 10.4 Å². The number of benzene rings is 1. The third kappa shape index (κ3) is 14.4. The van der Waals surface area contributed by atoms with Crippen LogP contribution in [0.4, 0.5) is 8.78 Å². The van der Waals surface area contributed by atoms with E-state index in [-0.39, 0.29) is 13.2 Å². The van der Waals surface area contributed by atoms with Gasteiger partial charge >= 0.3 is 5.97 Å². The highest BCUT2D eigenvalue weighted by atomic mass is 32.2. The van der Waals surface area contributed by atoms with Gasteiger partial charge in [-0.25, -0.2) is 13.6 Å². The van der Waals surface area contributed by atoms with Crippen LogP contribution in [0.25, 0.3) is 0 Å². The minimum absolute atomic E-state index is 0.125. The molecule has 0 saturated carbocycles. The van der Waals surface area contributed by atoms with E-state index in [0.29, 0.717) is 12.3 Å². The van der Waals surface area contributed by atoms with Gasteiger partial charge in [-0.15, -0.1) is 0 Å². The Bertz CT molecular complexity index is 506. The fourth-order valence-electron chi connectivity index (χ4n) is 0.663. The van der Waals surface area contributed by atoms with Crippen LogP contribution in [-0.2, 0) is 10.1 Å². The van der Waals surface area contributed by atoms with E-state index in [0.717, 1.165) is 12.1 Å². The summed E-state index contributed by atoms with van der Waals surface area (Å²) in [7, 11) is -3.67. The molecule has 4 N–H and O–H groups in total. The molecule has 0 amide bonds. The van der Waals surface area contributed by atoms with Crippen LogP contribution in [-0.4, -0.2) is 53.7 Å². The van der Waals surface area contributed by atoms with Crippen molar-refractivity contribution in [3.63, 3.8) is 0 Å². The van der Waals surface area contributed by atoms with Crippen molar-refractivity contribution in [2.45, 2.75) is 0 Å². The maximum absolute atomic E-state index is 12.5. The lowest BCUT2D eigenvalue weighted by Crippen LogP contribution is -2.00. The monoisotopic (exact) mass is 316 g/mol. The standard InChI is InChI=1S/C7H4F2O2.C2H6O2.CH4O3S/c8-4-1-2-5(7(10)11)6(9)3-4;3-1-2-4;1-5(2,3)4/h1-3H,(H,10,11);3-4H,1-2H2;1H3,(H,2,3,4). The van der Waals surface area contributed by atoms with Crippen molar-refractivity contribution in [3.05, 3.63) is 35.4 Å². The van der Waals surface area contributed by atoms with Crippen LogP contribution in [0.5, 0.6) is 0 Å². The molecule has 10 heteroatoms. The van der Waals surface area contributed by atoms with Crippen molar-refractivity contribution < 1.29 is 41.9 Å². The maximum Gasteiger partial charge on any atom is 0.338 e. The number of halogens is 2. The van der Waals surface area contributed by atoms with E-state index < -0.39 is 33.3 Å². The van der Waals surface area contributed by atoms with Gasteiger partial charge in [-0.1, -0.05) is 0 Å². The lowest BCUT2D eigenvalue weighted by Gasteiger charge is -1.94. The predicted octanol–water partition coefficient (Wildman–Crippen LogP) is 0.138. The molecule has 1 aromatic rings. The number of carboxylic acids is 1. The normalized spacial score (nSPS) is 9.70. The van der Waals surface area contributed by atoms with Gasteiger partial charge in [0.25, 0.3) is 10.1 Å². The fourth-order valence-corrected chi connectivity index (χ4v) is 0.663. The van der Waals surface area contributed by atoms with Crippen LogP contribution in [0, 0.1) is 11.6 Å². The predicted molar refractivity (Wildman–Crippen MR) is 65.0 cm³/mol. The summed E-state index contributed by atoms with van der Waals surface area (Å²) in [4.78, 5) is 10.2. The number of aliphatic hydroxyl groups excluding tert-OH is 2. The number of hydrogen-bond donors (Lipinski definition) is 4. The zero-order chi connectivity index (χ0) is 16.3. The number of carbonyl (C=O) groups is 1. The number of rotatable bonds is 2. The van der Waals surface area contributed by atoms with E-state index in [1.807, 2.05) is 0 Å². The van der Waals surface area contributed by atoms with Crippen LogP contribution in [0.3, 0.4) is 0 Å². The second-order valence-electron chi connectivity index (χ2n) is 3.11. The Labute approximate surface area is 113 Å². The Balaban J connectivity index is 0. The van der Waals surface area contributed by atoms with Gasteiger partial charge in [-0.3, -0.25) is 4.55 Å². The second-order valence-corrected chi connectivity index (χ2v) is 4.58. The van der Waals surface area contributed by atoms with E-state index in [2.05, 4.69) is 0 Å². The summed E-state index contributed by atoms with van der Waals surface area (Å²) in [6.07, 6.45) is 0.715. The quantitative estimate of drug-likeness (QED) is 0.570. The zero-order valence-electron chi connectivity index (χ0n) is 10.3. The first-order valence-corrected chi connectivity index (χ1v) is 6.70. The van der Waals surface area contributed by atoms with Crippen molar-refractivity contribution in [3.8, 4) is 0 Å². The average molecular weight is 316 g/mol. The Morgan fingerprint density at radius 3 is 1.85 bits per heavy atom. The van der Waals surface area contributed by atoms with E-state index in [4.69, 9.17) is 19.9 Å². The minimum atomic E-state index is -3.67. The number of hydrogen-bond acceptors (Lipinski definition) is 5. The summed E-state index contributed by atoms with van der Waals surface area (Å²) in [5.74, 6) is -3.24. The van der Waals surface area contributed by atoms with Crippen LogP contribution in [0.2, 0.25) is 0 Å². The van der Waals surface area contributed by atoms with Gasteiger partial charge in [0.1, 0.15) is 11.6 Å². The Kier molecular flexibility index (Phi) is 10.6. The minimum Gasteiger partial charge on any atom is -0.478 e. The van der Waals surface area contributed by atoms with Gasteiger partial charge in [0.05, 0.1) is 25.0 Å². The molecule has 0 fully saturated rings. The Morgan fingerprint density at radius 2 is 1.60 bits per heavy atom. The first kappa shape index (κ1) is 20.7. The zero-order valence-corrected chi connectivity index (χ0v) is 11.1. The molecule has 7 nitrogen and oxygen atoms in total. The molecule has 116 valence electrons. The topological polar surface area (TPSA) is 132 Å². The van der Waals surface area contributed by atoms with Gasteiger partial charge in [-0.2, -0.15) is 8.42 Å². The van der Waals surface area contributed by atoms with E-state index in [9.17, 15) is 22.0 Å². The summed E-state index contributed by atoms with van der Waals surface area (Å²) in [5.41, 5.74) is -0.522. The van der Waals surface area contributed by atoms with Crippen molar-refractivity contribution >= 4 is 16.1 Å². The van der Waals surface area contributed by atoms with Gasteiger partial charge < -0.3 is 15.3 Å². The molecule has 0 aliphatic rings. The summed E-state index contributed by atoms with van der Waals surface area (Å²) in [5, 5.41) is 23.5. The Morgan fingerprint density at radius 1 is 1.20 bits per heavy atom. The first-order chi connectivity index (χ1) is 9.02. The molecule has 0 aliphatic carbocycles. The highest BCUT2D eigenvalue weighted by molar-refractivity contribution is 7.85. The summed E-state index contributed by atoms with van der Waals surface area (Å²) in [6, 6.07) is 2.31. The Hall–Kier alpha value is -1.62. The third-order valence-corrected chi connectivity index (χ3v) is 1.26. The molecule has 0 spiro atoms. The largest absolute Gasteiger partial charge is 0.478 e. The summed E-state index contributed by atoms with van der Waals surface area (Å²) in [6.45, 7) is -0.250. The molecular formula is C10H14F2O7S. The maximum atomic E-state index is 12.5. The molecule has 1 aromatic carbocycles. The van der Waals surface area contributed by atoms with Crippen molar-refractivity contribution in [1.82, 2.24) is 0 Å². The molecule has 0 heterocycles. The third-order valence-electron chi connectivity index (χ3n) is 1.26. The van der Waals surface area contributed by atoms with Crippen molar-refractivity contribution in [2.24, 2.45) is 0 Å². The second kappa shape index (κ2) is 10.2. The van der Waals surface area contributed by atoms with Crippen LogP contribution in [0.15, 0.2) is 18.2 Å². The molecule has 0 aliphatic heterocycles. The number of aromatic carboxylic acids is 1. The smallest absolute Gasteiger partial charge is 0.338 e. The average Bonchev–Trinajstić information content (AvgIpc) is 2.26. The molecule has 0 saturated heterocycles. The number of aliphatic hydroxyl groups is 2. The molecule has 20 heavy (non-hydrogen) atoms. The fraction of sp³-hybridized carbons (Fsp3) is 0.300. The van der Waals surface area contributed by atoms with Crippen LogP contribution < -0.4 is 0 Å². The van der Waals surface area contributed by atoms with E-state index in [1.165, 1.54) is 0 Å². The molecular weight excluding hydrogens is 302 g/mol. The number of carboxylic acid groups (broad SMARTS) is 1. The van der Waals surface area contributed by atoms with E-state index >= 15 is 0 Å². The van der Waals surface area contributed by atoms with E-state index in [1.54, 1.807) is 0 Å². The van der Waals surface area contributed by atoms with Gasteiger partial charge in [0.15, 0.2) is 0 Å². The molecule has 0 unspecified atom stereocenters. The first-order valence-electron chi connectivity index (χ1n) is 4.85. The molecule has 0 atom stereocenters. The lowest BCUT2D eigenvalue weighted by molar-refractivity contribution is 0.0691. The highest BCUT2D eigenvalue weighted by Crippen LogP contribution is 2.08. The summed E-state index contributed by atoms with van der Waals surface area (Å²) < 4.78 is 50.5. The van der Waals surface area contributed by atoms with Gasteiger partial charge in [0, 0.05) is 6.07 Å². The van der Waals surface area contributed by atoms with Crippen molar-refractivity contribution in [2.75, 3.05) is 19.5 Å². The van der Waals surface area contributed by atoms with Gasteiger partial charge in [0.2, 0.25) is 0 Å². The molecule has 0 radical (unpaired) electrons. The molecule has 1 rings (SSSR count). The highest BCUT2D eigenvalue weighted by Gasteiger charge is 2.09. The van der Waals surface area contributed by atoms with Gasteiger partial charge in [-0.05, 0) is 12.1 Å². The van der Waals surface area contributed by atoms with Crippen molar-refractivity contribution in [1.29, 1.82) is 0 Å². The molecule has 0 aromatic heterocycles.